The number of hydrogen-bond donors (Lipinski definition) is 2. The van der Waals surface area contributed by atoms with E-state index >= 15 is 0 Å². The summed E-state index contributed by atoms with van der Waals surface area (Å²) in [5, 5.41) is 14.0. The van der Waals surface area contributed by atoms with Crippen molar-refractivity contribution in [3.63, 3.8) is 0 Å². The van der Waals surface area contributed by atoms with Crippen molar-refractivity contribution >= 4 is 5.91 Å². The van der Waals surface area contributed by atoms with Crippen LogP contribution in [-0.4, -0.2) is 46.1 Å². The Morgan fingerprint density at radius 1 is 1.16 bits per heavy atom. The average Bonchev–Trinajstić information content (AvgIpc) is 2.68. The van der Waals surface area contributed by atoms with E-state index in [9.17, 15) is 9.90 Å². The molecular weight excluding hydrogens is 314 g/mol. The predicted molar refractivity (Wildman–Crippen MR) is 97.2 cm³/mol. The molecule has 0 spiro atoms. The number of hydrogen-bond acceptors (Lipinski definition) is 4. The summed E-state index contributed by atoms with van der Waals surface area (Å²) in [6, 6.07) is 15.4. The zero-order valence-corrected chi connectivity index (χ0v) is 14.5. The van der Waals surface area contributed by atoms with E-state index in [0.717, 1.165) is 18.4 Å². The van der Waals surface area contributed by atoms with E-state index in [1.165, 1.54) is 0 Å². The molecule has 5 nitrogen and oxygen atoms in total. The number of aliphatic hydroxyl groups is 1. The van der Waals surface area contributed by atoms with Crippen molar-refractivity contribution < 1.29 is 9.90 Å². The van der Waals surface area contributed by atoms with Crippen LogP contribution in [0.3, 0.4) is 0 Å². The van der Waals surface area contributed by atoms with E-state index in [4.69, 9.17) is 0 Å². The quantitative estimate of drug-likeness (QED) is 0.878. The van der Waals surface area contributed by atoms with Gasteiger partial charge in [0.05, 0.1) is 6.10 Å². The van der Waals surface area contributed by atoms with Crippen LogP contribution in [0, 0.1) is 0 Å². The van der Waals surface area contributed by atoms with E-state index in [0.29, 0.717) is 24.8 Å². The lowest BCUT2D eigenvalue weighted by molar-refractivity contribution is 0.0676. The van der Waals surface area contributed by atoms with E-state index in [1.807, 2.05) is 54.3 Å². The number of rotatable bonds is 5. The largest absolute Gasteiger partial charge is 0.387 e. The molecule has 2 N–H and O–H groups in total. The first-order valence-corrected chi connectivity index (χ1v) is 8.84. The normalized spacial score (nSPS) is 17.9. The van der Waals surface area contributed by atoms with E-state index in [1.54, 1.807) is 12.3 Å². The van der Waals surface area contributed by atoms with Gasteiger partial charge in [-0.1, -0.05) is 36.4 Å². The molecule has 2 aromatic rings. The summed E-state index contributed by atoms with van der Waals surface area (Å²) >= 11 is 0. The van der Waals surface area contributed by atoms with Crippen molar-refractivity contribution in [1.29, 1.82) is 0 Å². The molecule has 0 bridgehead atoms. The Morgan fingerprint density at radius 2 is 1.84 bits per heavy atom. The fourth-order valence-corrected chi connectivity index (χ4v) is 3.30. The monoisotopic (exact) mass is 339 g/mol. The van der Waals surface area contributed by atoms with Crippen LogP contribution in [0.1, 0.15) is 41.9 Å². The number of pyridine rings is 1. The van der Waals surface area contributed by atoms with Gasteiger partial charge < -0.3 is 15.3 Å². The molecule has 3 rings (SSSR count). The molecule has 25 heavy (non-hydrogen) atoms. The minimum Gasteiger partial charge on any atom is -0.387 e. The molecule has 1 aliphatic heterocycles. The zero-order valence-electron chi connectivity index (χ0n) is 14.5. The Balaban J connectivity index is 1.50. The highest BCUT2D eigenvalue weighted by Gasteiger charge is 2.26. The number of nitrogens with one attached hydrogen (secondary N) is 1. The number of piperidine rings is 1. The van der Waals surface area contributed by atoms with Crippen molar-refractivity contribution in [2.24, 2.45) is 0 Å². The van der Waals surface area contributed by atoms with Crippen LogP contribution in [0.5, 0.6) is 0 Å². The lowest BCUT2D eigenvalue weighted by Gasteiger charge is -2.34. The van der Waals surface area contributed by atoms with E-state index < -0.39 is 6.10 Å². The summed E-state index contributed by atoms with van der Waals surface area (Å²) in [6.45, 7) is 3.42. The summed E-state index contributed by atoms with van der Waals surface area (Å²) in [7, 11) is 0. The summed E-state index contributed by atoms with van der Waals surface area (Å²) in [6.07, 6.45) is 2.87. The number of aromatic nitrogens is 1. The van der Waals surface area contributed by atoms with Gasteiger partial charge in [-0.3, -0.25) is 9.78 Å². The number of carbonyl (C=O) groups excluding carboxylic acids is 1. The van der Waals surface area contributed by atoms with E-state index in [2.05, 4.69) is 10.3 Å². The highest BCUT2D eigenvalue weighted by molar-refractivity contribution is 5.92. The van der Waals surface area contributed by atoms with Gasteiger partial charge in [-0.15, -0.1) is 0 Å². The first kappa shape index (κ1) is 17.6. The fraction of sp³-hybridized carbons (Fsp3) is 0.400. The number of likely N-dealkylation sites (tertiary alicyclic amines) is 1. The highest BCUT2D eigenvalue weighted by Crippen LogP contribution is 2.19. The first-order chi connectivity index (χ1) is 12.1. The minimum atomic E-state index is -0.533. The van der Waals surface area contributed by atoms with E-state index in [-0.39, 0.29) is 11.9 Å². The number of carbonyl (C=O) groups is 1. The van der Waals surface area contributed by atoms with Crippen LogP contribution < -0.4 is 5.32 Å². The Kier molecular flexibility index (Phi) is 5.79. The Bertz CT molecular complexity index is 670. The Labute approximate surface area is 148 Å². The van der Waals surface area contributed by atoms with Gasteiger partial charge in [0.2, 0.25) is 0 Å². The van der Waals surface area contributed by atoms with Crippen LogP contribution in [0.2, 0.25) is 0 Å². The molecule has 5 heteroatoms. The fourth-order valence-electron chi connectivity index (χ4n) is 3.30. The average molecular weight is 339 g/mol. The topological polar surface area (TPSA) is 65.5 Å². The molecule has 1 aromatic heterocycles. The van der Waals surface area contributed by atoms with Gasteiger partial charge in [0.15, 0.2) is 0 Å². The second-order valence-corrected chi connectivity index (χ2v) is 6.59. The van der Waals surface area contributed by atoms with Crippen molar-refractivity contribution in [3.05, 3.63) is 66.0 Å². The smallest absolute Gasteiger partial charge is 0.272 e. The molecule has 132 valence electrons. The minimum absolute atomic E-state index is 0.00332. The molecule has 1 aromatic carbocycles. The van der Waals surface area contributed by atoms with Crippen molar-refractivity contribution in [1.82, 2.24) is 15.2 Å². The summed E-state index contributed by atoms with van der Waals surface area (Å²) in [5.41, 5.74) is 1.42. The molecule has 1 saturated heterocycles. The van der Waals surface area contributed by atoms with Crippen LogP contribution in [0.4, 0.5) is 0 Å². The van der Waals surface area contributed by atoms with Crippen molar-refractivity contribution in [2.75, 3.05) is 13.1 Å². The standard InChI is InChI=1S/C20H25N3O2/c1-15(19(24)16-7-3-2-4-8-16)22-17-10-13-23(14-11-17)20(25)18-9-5-6-12-21-18/h2-9,12,15,17,19,22,24H,10-11,13-14H2,1H3. The second kappa shape index (κ2) is 8.23. The van der Waals surface area contributed by atoms with Gasteiger partial charge in [0.1, 0.15) is 5.69 Å². The number of amides is 1. The third kappa shape index (κ3) is 4.44. The molecular formula is C20H25N3O2. The van der Waals surface area contributed by atoms with Gasteiger partial charge in [0, 0.05) is 31.4 Å². The second-order valence-electron chi connectivity index (χ2n) is 6.59. The lowest BCUT2D eigenvalue weighted by Crippen LogP contribution is -2.48. The zero-order chi connectivity index (χ0) is 17.6. The lowest BCUT2D eigenvalue weighted by atomic mass is 9.99. The maximum atomic E-state index is 12.4. The molecule has 0 saturated carbocycles. The summed E-state index contributed by atoms with van der Waals surface area (Å²) < 4.78 is 0. The maximum Gasteiger partial charge on any atom is 0.272 e. The number of aliphatic hydroxyl groups excluding tert-OH is 1. The van der Waals surface area contributed by atoms with Crippen molar-refractivity contribution in [3.8, 4) is 0 Å². The van der Waals surface area contributed by atoms with Gasteiger partial charge in [-0.25, -0.2) is 0 Å². The molecule has 2 atom stereocenters. The van der Waals surface area contributed by atoms with Crippen molar-refractivity contribution in [2.45, 2.75) is 38.0 Å². The molecule has 1 amide bonds. The Hall–Kier alpha value is -2.24. The van der Waals surface area contributed by atoms with Gasteiger partial charge in [-0.2, -0.15) is 0 Å². The van der Waals surface area contributed by atoms with Crippen LogP contribution >= 0.6 is 0 Å². The third-order valence-electron chi connectivity index (χ3n) is 4.78. The number of benzene rings is 1. The predicted octanol–water partition coefficient (Wildman–Crippen LogP) is 2.40. The Morgan fingerprint density at radius 3 is 2.48 bits per heavy atom. The summed E-state index contributed by atoms with van der Waals surface area (Å²) in [5.74, 6) is -0.00332. The highest BCUT2D eigenvalue weighted by atomic mass is 16.3. The number of nitrogens with zero attached hydrogens (tertiary/aromatic N) is 2. The van der Waals surface area contributed by atoms with Crippen LogP contribution in [-0.2, 0) is 0 Å². The first-order valence-electron chi connectivity index (χ1n) is 8.84. The maximum absolute atomic E-state index is 12.4. The molecule has 0 radical (unpaired) electrons. The summed E-state index contributed by atoms with van der Waals surface area (Å²) in [4.78, 5) is 18.4. The SMILES string of the molecule is CC(NC1CCN(C(=O)c2ccccn2)CC1)C(O)c1ccccc1. The molecule has 0 aliphatic carbocycles. The van der Waals surface area contributed by atoms with Crippen LogP contribution in [0.25, 0.3) is 0 Å². The van der Waals surface area contributed by atoms with Gasteiger partial charge >= 0.3 is 0 Å². The van der Waals surface area contributed by atoms with Gasteiger partial charge in [0.25, 0.3) is 5.91 Å². The molecule has 2 unspecified atom stereocenters. The third-order valence-corrected chi connectivity index (χ3v) is 4.78. The molecule has 1 aliphatic rings. The van der Waals surface area contributed by atoms with Crippen LogP contribution in [0.15, 0.2) is 54.7 Å². The van der Waals surface area contributed by atoms with Gasteiger partial charge in [-0.05, 0) is 37.5 Å². The molecule has 2 heterocycles. The molecule has 1 fully saturated rings.